The van der Waals surface area contributed by atoms with E-state index in [9.17, 15) is 13.2 Å². The molecule has 0 atom stereocenters. The van der Waals surface area contributed by atoms with Gasteiger partial charge in [0, 0.05) is 16.0 Å². The number of nitrogens with one attached hydrogen (secondary N) is 1. The second-order valence-corrected chi connectivity index (χ2v) is 7.27. The maximum Gasteiger partial charge on any atom is 0.335 e. The van der Waals surface area contributed by atoms with Gasteiger partial charge in [0.1, 0.15) is 5.01 Å². The van der Waals surface area contributed by atoms with E-state index in [2.05, 4.69) is 25.6 Å². The zero-order valence-corrected chi connectivity index (χ0v) is 13.1. The lowest BCUT2D eigenvalue weighted by Gasteiger charge is -2.08. The standard InChI is InChI=1S/C11H9BrN2O4S2/c12-8-5-7(11(15)16)1-2-9(8)20(17,18)14-6-10-13-3-4-19-10/h1-5,14H,6H2,(H,15,16). The molecule has 6 nitrogen and oxygen atoms in total. The van der Waals surface area contributed by atoms with Crippen molar-refractivity contribution in [2.75, 3.05) is 0 Å². The average molecular weight is 377 g/mol. The maximum absolute atomic E-state index is 12.1. The van der Waals surface area contributed by atoms with Gasteiger partial charge in [-0.05, 0) is 34.1 Å². The van der Waals surface area contributed by atoms with Crippen molar-refractivity contribution in [2.45, 2.75) is 11.4 Å². The second-order valence-electron chi connectivity index (χ2n) is 3.70. The van der Waals surface area contributed by atoms with E-state index in [1.165, 1.54) is 29.5 Å². The molecule has 0 spiro atoms. The van der Waals surface area contributed by atoms with Crippen LogP contribution in [0.3, 0.4) is 0 Å². The molecule has 1 heterocycles. The fourth-order valence-corrected chi connectivity index (χ4v) is 4.14. The summed E-state index contributed by atoms with van der Waals surface area (Å²) in [5.74, 6) is -1.12. The molecule has 20 heavy (non-hydrogen) atoms. The molecule has 0 aliphatic rings. The van der Waals surface area contributed by atoms with Gasteiger partial charge >= 0.3 is 5.97 Å². The van der Waals surface area contributed by atoms with Gasteiger partial charge in [-0.15, -0.1) is 11.3 Å². The van der Waals surface area contributed by atoms with Crippen LogP contribution in [0.25, 0.3) is 0 Å². The second kappa shape index (κ2) is 6.00. The monoisotopic (exact) mass is 376 g/mol. The van der Waals surface area contributed by atoms with E-state index in [4.69, 9.17) is 5.11 Å². The molecule has 0 unspecified atom stereocenters. The fourth-order valence-electron chi connectivity index (χ4n) is 1.43. The lowest BCUT2D eigenvalue weighted by atomic mass is 10.2. The van der Waals surface area contributed by atoms with Gasteiger partial charge in [0.05, 0.1) is 17.0 Å². The Morgan fingerprint density at radius 1 is 1.45 bits per heavy atom. The molecule has 0 aliphatic carbocycles. The zero-order valence-electron chi connectivity index (χ0n) is 9.91. The van der Waals surface area contributed by atoms with E-state index in [0.717, 1.165) is 0 Å². The van der Waals surface area contributed by atoms with E-state index in [0.29, 0.717) is 5.01 Å². The number of carboxylic acid groups (broad SMARTS) is 1. The van der Waals surface area contributed by atoms with Gasteiger partial charge in [-0.2, -0.15) is 0 Å². The largest absolute Gasteiger partial charge is 0.478 e. The smallest absolute Gasteiger partial charge is 0.335 e. The topological polar surface area (TPSA) is 96.4 Å². The Hall–Kier alpha value is -1.29. The minimum Gasteiger partial charge on any atom is -0.478 e. The summed E-state index contributed by atoms with van der Waals surface area (Å²) < 4.78 is 26.8. The number of thiazole rings is 1. The molecule has 0 fully saturated rings. The number of benzene rings is 1. The Morgan fingerprint density at radius 3 is 2.75 bits per heavy atom. The Bertz CT molecular complexity index is 729. The Morgan fingerprint density at radius 2 is 2.20 bits per heavy atom. The molecule has 0 bridgehead atoms. The molecule has 2 N–H and O–H groups in total. The minimum atomic E-state index is -3.73. The van der Waals surface area contributed by atoms with Crippen molar-refractivity contribution >= 4 is 43.3 Å². The van der Waals surface area contributed by atoms with E-state index < -0.39 is 16.0 Å². The van der Waals surface area contributed by atoms with Crippen LogP contribution in [0, 0.1) is 0 Å². The maximum atomic E-state index is 12.1. The van der Waals surface area contributed by atoms with Crippen LogP contribution in [0.5, 0.6) is 0 Å². The van der Waals surface area contributed by atoms with Crippen LogP contribution in [0.1, 0.15) is 15.4 Å². The van der Waals surface area contributed by atoms with Crippen LogP contribution in [-0.4, -0.2) is 24.5 Å². The molecule has 0 saturated carbocycles. The fraction of sp³-hybridized carbons (Fsp3) is 0.0909. The van der Waals surface area contributed by atoms with Crippen LogP contribution in [-0.2, 0) is 16.6 Å². The quantitative estimate of drug-likeness (QED) is 0.832. The van der Waals surface area contributed by atoms with Crippen molar-refractivity contribution in [3.8, 4) is 0 Å². The van der Waals surface area contributed by atoms with Crippen LogP contribution < -0.4 is 4.72 Å². The summed E-state index contributed by atoms with van der Waals surface area (Å²) in [5, 5.41) is 11.2. The summed E-state index contributed by atoms with van der Waals surface area (Å²) in [4.78, 5) is 14.8. The van der Waals surface area contributed by atoms with Gasteiger partial charge in [0.15, 0.2) is 0 Å². The first kappa shape index (κ1) is 15.1. The number of aromatic nitrogens is 1. The predicted molar refractivity (Wildman–Crippen MR) is 77.2 cm³/mol. The van der Waals surface area contributed by atoms with Crippen LogP contribution >= 0.6 is 27.3 Å². The number of rotatable bonds is 5. The highest BCUT2D eigenvalue weighted by atomic mass is 79.9. The number of hydrogen-bond donors (Lipinski definition) is 2. The van der Waals surface area contributed by atoms with Crippen molar-refractivity contribution in [3.05, 3.63) is 44.8 Å². The summed E-state index contributed by atoms with van der Waals surface area (Å²) >= 11 is 4.42. The third-order valence-corrected chi connectivity index (χ3v) is 5.52. The Labute approximate surface area is 127 Å². The Kier molecular flexibility index (Phi) is 4.53. The zero-order chi connectivity index (χ0) is 14.8. The highest BCUT2D eigenvalue weighted by molar-refractivity contribution is 9.10. The van der Waals surface area contributed by atoms with Gasteiger partial charge in [-0.1, -0.05) is 0 Å². The van der Waals surface area contributed by atoms with Gasteiger partial charge < -0.3 is 5.11 Å². The molecule has 106 valence electrons. The van der Waals surface area contributed by atoms with Gasteiger partial charge in [0.25, 0.3) is 0 Å². The number of sulfonamides is 1. The minimum absolute atomic E-state index is 0.00995. The summed E-state index contributed by atoms with van der Waals surface area (Å²) in [6.45, 7) is 0.0904. The SMILES string of the molecule is O=C(O)c1ccc(S(=O)(=O)NCc2nccs2)c(Br)c1. The molecular weight excluding hydrogens is 368 g/mol. The first-order valence-electron chi connectivity index (χ1n) is 5.31. The molecular formula is C11H9BrN2O4S2. The number of carbonyl (C=O) groups is 1. The van der Waals surface area contributed by atoms with E-state index in [1.807, 2.05) is 0 Å². The molecule has 0 amide bonds. The summed E-state index contributed by atoms with van der Waals surface area (Å²) in [6.07, 6.45) is 1.59. The molecule has 0 radical (unpaired) electrons. The third-order valence-electron chi connectivity index (χ3n) is 2.37. The van der Waals surface area contributed by atoms with Crippen molar-refractivity contribution in [3.63, 3.8) is 0 Å². The summed E-state index contributed by atoms with van der Waals surface area (Å²) in [6, 6.07) is 3.74. The molecule has 1 aromatic heterocycles. The van der Waals surface area contributed by atoms with E-state index >= 15 is 0 Å². The average Bonchev–Trinajstić information content (AvgIpc) is 2.89. The van der Waals surface area contributed by atoms with Gasteiger partial charge in [0.2, 0.25) is 10.0 Å². The number of nitrogens with zero attached hydrogens (tertiary/aromatic N) is 1. The molecule has 9 heteroatoms. The van der Waals surface area contributed by atoms with E-state index in [1.54, 1.807) is 11.6 Å². The van der Waals surface area contributed by atoms with E-state index in [-0.39, 0.29) is 21.5 Å². The number of halogens is 1. The van der Waals surface area contributed by atoms with Crippen LogP contribution in [0.15, 0.2) is 39.1 Å². The highest BCUT2D eigenvalue weighted by Crippen LogP contribution is 2.23. The lowest BCUT2D eigenvalue weighted by molar-refractivity contribution is 0.0696. The van der Waals surface area contributed by atoms with Gasteiger partial charge in [-0.25, -0.2) is 22.9 Å². The third kappa shape index (κ3) is 3.42. The predicted octanol–water partition coefficient (Wildman–Crippen LogP) is 2.08. The van der Waals surface area contributed by atoms with Crippen molar-refractivity contribution in [1.82, 2.24) is 9.71 Å². The molecule has 1 aromatic carbocycles. The number of aromatic carboxylic acids is 1. The molecule has 0 aliphatic heterocycles. The van der Waals surface area contributed by atoms with Crippen LogP contribution in [0.4, 0.5) is 0 Å². The van der Waals surface area contributed by atoms with Crippen molar-refractivity contribution in [2.24, 2.45) is 0 Å². The normalized spacial score (nSPS) is 11.4. The van der Waals surface area contributed by atoms with Crippen molar-refractivity contribution in [1.29, 1.82) is 0 Å². The lowest BCUT2D eigenvalue weighted by Crippen LogP contribution is -2.23. The first-order valence-corrected chi connectivity index (χ1v) is 8.46. The Balaban J connectivity index is 2.23. The highest BCUT2D eigenvalue weighted by Gasteiger charge is 2.19. The summed E-state index contributed by atoms with van der Waals surface area (Å²) in [5.41, 5.74) is 0.00995. The van der Waals surface area contributed by atoms with Gasteiger partial charge in [-0.3, -0.25) is 0 Å². The molecule has 2 rings (SSSR count). The molecule has 0 saturated heterocycles. The number of carboxylic acids is 1. The molecule has 2 aromatic rings. The first-order chi connectivity index (χ1) is 9.40. The number of hydrogen-bond acceptors (Lipinski definition) is 5. The van der Waals surface area contributed by atoms with Crippen molar-refractivity contribution < 1.29 is 18.3 Å². The summed E-state index contributed by atoms with van der Waals surface area (Å²) in [7, 11) is -3.73. The van der Waals surface area contributed by atoms with Crippen LogP contribution in [0.2, 0.25) is 0 Å².